The average molecular weight is 427 g/mol. The second-order valence-electron chi connectivity index (χ2n) is 7.63. The fraction of sp³-hybridized carbons (Fsp3) is 0.185. The number of methoxy groups -OCH3 is 1. The summed E-state index contributed by atoms with van der Waals surface area (Å²) in [6.07, 6.45) is 1.53. The molecule has 162 valence electrons. The van der Waals surface area contributed by atoms with Crippen LogP contribution in [0.4, 0.5) is 5.69 Å². The van der Waals surface area contributed by atoms with Crippen LogP contribution in [-0.4, -0.2) is 13.0 Å². The molecule has 0 fully saturated rings. The van der Waals surface area contributed by atoms with E-state index in [-0.39, 0.29) is 5.57 Å². The third-order valence-corrected chi connectivity index (χ3v) is 5.02. The first kappa shape index (κ1) is 22.6. The zero-order chi connectivity index (χ0) is 23.1. The fourth-order valence-electron chi connectivity index (χ4n) is 3.11. The van der Waals surface area contributed by atoms with Crippen LogP contribution in [0.15, 0.2) is 66.2 Å². The van der Waals surface area contributed by atoms with Crippen LogP contribution < -0.4 is 14.8 Å². The van der Waals surface area contributed by atoms with Crippen LogP contribution >= 0.6 is 0 Å². The van der Waals surface area contributed by atoms with Gasteiger partial charge in [0.05, 0.1) is 7.11 Å². The number of ether oxygens (including phenoxy) is 2. The number of carbonyl (C=O) groups is 1. The number of nitrogens with zero attached hydrogens (tertiary/aromatic N) is 1. The van der Waals surface area contributed by atoms with Crippen LogP contribution in [-0.2, 0) is 11.4 Å². The van der Waals surface area contributed by atoms with E-state index in [1.165, 1.54) is 11.6 Å². The minimum Gasteiger partial charge on any atom is -0.493 e. The SMILES string of the molecule is COc1cc(/C=C(\C#N)C(=O)Nc2cc(C)ccc2C)ccc1OCc1ccc(C)cc1. The monoisotopic (exact) mass is 426 g/mol. The zero-order valence-corrected chi connectivity index (χ0v) is 18.7. The molecule has 0 aliphatic rings. The summed E-state index contributed by atoms with van der Waals surface area (Å²) in [6.45, 7) is 6.31. The number of carbonyl (C=O) groups excluding carboxylic acids is 1. The highest BCUT2D eigenvalue weighted by Gasteiger charge is 2.12. The molecule has 0 saturated heterocycles. The first-order chi connectivity index (χ1) is 15.4. The third-order valence-electron chi connectivity index (χ3n) is 5.02. The molecule has 32 heavy (non-hydrogen) atoms. The van der Waals surface area contributed by atoms with Crippen LogP contribution in [0.1, 0.15) is 27.8 Å². The number of hydrogen-bond donors (Lipinski definition) is 1. The molecule has 0 radical (unpaired) electrons. The number of amides is 1. The zero-order valence-electron chi connectivity index (χ0n) is 18.7. The first-order valence-electron chi connectivity index (χ1n) is 10.3. The molecule has 0 aromatic heterocycles. The second kappa shape index (κ2) is 10.3. The Kier molecular flexibility index (Phi) is 7.30. The number of anilines is 1. The Bertz CT molecular complexity index is 1190. The lowest BCUT2D eigenvalue weighted by atomic mass is 10.1. The van der Waals surface area contributed by atoms with Crippen molar-refractivity contribution in [2.24, 2.45) is 0 Å². The van der Waals surface area contributed by atoms with Gasteiger partial charge >= 0.3 is 0 Å². The van der Waals surface area contributed by atoms with Gasteiger partial charge in [0, 0.05) is 5.69 Å². The van der Waals surface area contributed by atoms with E-state index in [4.69, 9.17) is 9.47 Å². The van der Waals surface area contributed by atoms with Crippen molar-refractivity contribution in [3.8, 4) is 17.6 Å². The highest BCUT2D eigenvalue weighted by atomic mass is 16.5. The van der Waals surface area contributed by atoms with Gasteiger partial charge in [0.1, 0.15) is 18.2 Å². The van der Waals surface area contributed by atoms with Gasteiger partial charge in [-0.1, -0.05) is 48.0 Å². The molecular formula is C27H26N2O3. The van der Waals surface area contributed by atoms with Crippen molar-refractivity contribution in [1.82, 2.24) is 0 Å². The average Bonchev–Trinajstić information content (AvgIpc) is 2.79. The van der Waals surface area contributed by atoms with Crippen molar-refractivity contribution >= 4 is 17.7 Å². The molecule has 0 bridgehead atoms. The number of nitrogens with one attached hydrogen (secondary N) is 1. The summed E-state index contributed by atoms with van der Waals surface area (Å²) in [7, 11) is 1.56. The minimum absolute atomic E-state index is 0.00119. The maximum absolute atomic E-state index is 12.7. The van der Waals surface area contributed by atoms with Crippen molar-refractivity contribution in [3.63, 3.8) is 0 Å². The van der Waals surface area contributed by atoms with Crippen LogP contribution in [0.5, 0.6) is 11.5 Å². The van der Waals surface area contributed by atoms with Gasteiger partial charge in [0.25, 0.3) is 5.91 Å². The largest absolute Gasteiger partial charge is 0.493 e. The maximum atomic E-state index is 12.7. The van der Waals surface area contributed by atoms with Crippen LogP contribution in [0.2, 0.25) is 0 Å². The summed E-state index contributed by atoms with van der Waals surface area (Å²) in [5.41, 5.74) is 5.55. The molecule has 5 heteroatoms. The lowest BCUT2D eigenvalue weighted by Crippen LogP contribution is -2.14. The van der Waals surface area contributed by atoms with Crippen LogP contribution in [0, 0.1) is 32.1 Å². The molecule has 3 rings (SSSR count). The summed E-state index contributed by atoms with van der Waals surface area (Å²) >= 11 is 0. The Morgan fingerprint density at radius 1 is 0.969 bits per heavy atom. The molecule has 0 heterocycles. The number of rotatable bonds is 7. The van der Waals surface area contributed by atoms with Gasteiger partial charge in [-0.25, -0.2) is 0 Å². The van der Waals surface area contributed by atoms with E-state index >= 15 is 0 Å². The smallest absolute Gasteiger partial charge is 0.266 e. The van der Waals surface area contributed by atoms with Gasteiger partial charge in [0.2, 0.25) is 0 Å². The van der Waals surface area contributed by atoms with Crippen molar-refractivity contribution in [1.29, 1.82) is 5.26 Å². The molecular weight excluding hydrogens is 400 g/mol. The number of benzene rings is 3. The van der Waals surface area contributed by atoms with E-state index in [0.717, 1.165) is 16.7 Å². The molecule has 1 amide bonds. The van der Waals surface area contributed by atoms with Gasteiger partial charge < -0.3 is 14.8 Å². The molecule has 5 nitrogen and oxygen atoms in total. The normalized spacial score (nSPS) is 10.9. The topological polar surface area (TPSA) is 71.3 Å². The standard InChI is InChI=1S/C27H26N2O3/c1-18-6-9-21(10-7-18)17-32-25-12-11-22(15-26(25)31-4)14-23(16-28)27(30)29-24-13-19(2)5-8-20(24)3/h5-15H,17H2,1-4H3,(H,29,30)/b23-14+. The van der Waals surface area contributed by atoms with Gasteiger partial charge in [-0.15, -0.1) is 0 Å². The van der Waals surface area contributed by atoms with Gasteiger partial charge in [0.15, 0.2) is 11.5 Å². The van der Waals surface area contributed by atoms with E-state index in [1.54, 1.807) is 25.3 Å². The lowest BCUT2D eigenvalue weighted by Gasteiger charge is -2.12. The summed E-state index contributed by atoms with van der Waals surface area (Å²) in [5.74, 6) is 0.654. The number of hydrogen-bond acceptors (Lipinski definition) is 4. The first-order valence-corrected chi connectivity index (χ1v) is 10.3. The molecule has 0 aliphatic carbocycles. The predicted octanol–water partition coefficient (Wildman–Crippen LogP) is 5.75. The Labute approximate surface area is 188 Å². The van der Waals surface area contributed by atoms with E-state index in [2.05, 4.69) is 5.32 Å². The van der Waals surface area contributed by atoms with E-state index < -0.39 is 5.91 Å². The van der Waals surface area contributed by atoms with E-state index in [1.807, 2.05) is 69.3 Å². The van der Waals surface area contributed by atoms with Crippen molar-refractivity contribution in [2.75, 3.05) is 12.4 Å². The molecule has 0 saturated carbocycles. The van der Waals surface area contributed by atoms with Gasteiger partial charge in [-0.3, -0.25) is 4.79 Å². The summed E-state index contributed by atoms with van der Waals surface area (Å²) in [6, 6.07) is 21.2. The lowest BCUT2D eigenvalue weighted by molar-refractivity contribution is -0.112. The molecule has 0 spiro atoms. The summed E-state index contributed by atoms with van der Waals surface area (Å²) in [5, 5.41) is 12.4. The van der Waals surface area contributed by atoms with Crippen LogP contribution in [0.3, 0.4) is 0 Å². The molecule has 3 aromatic carbocycles. The Hall–Kier alpha value is -4.04. The Morgan fingerprint density at radius 3 is 2.38 bits per heavy atom. The van der Waals surface area contributed by atoms with E-state index in [9.17, 15) is 10.1 Å². The fourth-order valence-corrected chi connectivity index (χ4v) is 3.11. The van der Waals surface area contributed by atoms with Crippen LogP contribution in [0.25, 0.3) is 6.08 Å². The number of aryl methyl sites for hydroxylation is 3. The highest BCUT2D eigenvalue weighted by Crippen LogP contribution is 2.30. The minimum atomic E-state index is -0.458. The number of nitriles is 1. The van der Waals surface area contributed by atoms with Crippen molar-refractivity contribution in [3.05, 3.63) is 94.1 Å². The maximum Gasteiger partial charge on any atom is 0.266 e. The molecule has 0 atom stereocenters. The quantitative estimate of drug-likeness (QED) is 0.386. The predicted molar refractivity (Wildman–Crippen MR) is 127 cm³/mol. The summed E-state index contributed by atoms with van der Waals surface area (Å²) < 4.78 is 11.4. The van der Waals surface area contributed by atoms with E-state index in [0.29, 0.717) is 29.4 Å². The Morgan fingerprint density at radius 2 is 1.69 bits per heavy atom. The summed E-state index contributed by atoms with van der Waals surface area (Å²) in [4.78, 5) is 12.7. The molecule has 0 aliphatic heterocycles. The molecule has 3 aromatic rings. The second-order valence-corrected chi connectivity index (χ2v) is 7.63. The van der Waals surface area contributed by atoms with Crippen molar-refractivity contribution < 1.29 is 14.3 Å². The van der Waals surface area contributed by atoms with Gasteiger partial charge in [-0.05, 0) is 67.3 Å². The Balaban J connectivity index is 1.76. The third kappa shape index (κ3) is 5.77. The van der Waals surface area contributed by atoms with Gasteiger partial charge in [-0.2, -0.15) is 5.26 Å². The molecule has 1 N–H and O–H groups in total. The highest BCUT2D eigenvalue weighted by molar-refractivity contribution is 6.10. The van der Waals surface area contributed by atoms with Crippen molar-refractivity contribution in [2.45, 2.75) is 27.4 Å². The molecule has 0 unspecified atom stereocenters.